The van der Waals surface area contributed by atoms with E-state index in [-0.39, 0.29) is 22.8 Å². The Kier molecular flexibility index (Phi) is 7.38. The second-order valence-corrected chi connectivity index (χ2v) is 10.9. The second kappa shape index (κ2) is 10.7. The quantitative estimate of drug-likeness (QED) is 0.332. The predicted molar refractivity (Wildman–Crippen MR) is 143 cm³/mol. The summed E-state index contributed by atoms with van der Waals surface area (Å²) >= 11 is 0. The molecule has 3 fully saturated rings. The number of rotatable bonds is 8. The molecule has 5 rings (SSSR count). The molecule has 0 aromatic heterocycles. The number of hydrogen-bond donors (Lipinski definition) is 0. The van der Waals surface area contributed by atoms with Gasteiger partial charge in [-0.1, -0.05) is 43.5 Å². The van der Waals surface area contributed by atoms with Gasteiger partial charge in [0, 0.05) is 29.6 Å². The van der Waals surface area contributed by atoms with E-state index in [4.69, 9.17) is 14.2 Å². The van der Waals surface area contributed by atoms with Crippen LogP contribution in [0.4, 0.5) is 5.69 Å². The Morgan fingerprint density at radius 2 is 1.84 bits per heavy atom. The highest BCUT2D eigenvalue weighted by atomic mass is 16.5. The fraction of sp³-hybridized carbons (Fsp3) is 0.484. The molecule has 2 atom stereocenters. The zero-order valence-electron chi connectivity index (χ0n) is 21.9. The van der Waals surface area contributed by atoms with E-state index in [1.54, 1.807) is 13.2 Å². The molecule has 1 amide bonds. The number of carbonyl (C=O) groups is 2. The van der Waals surface area contributed by atoms with Crippen molar-refractivity contribution in [3.63, 3.8) is 0 Å². The Labute approximate surface area is 219 Å². The molecule has 0 spiro atoms. The maximum atomic E-state index is 14.0. The van der Waals surface area contributed by atoms with E-state index in [1.807, 2.05) is 41.3 Å². The third kappa shape index (κ3) is 5.30. The van der Waals surface area contributed by atoms with Crippen molar-refractivity contribution in [1.29, 1.82) is 0 Å². The predicted octanol–water partition coefficient (Wildman–Crippen LogP) is 5.89. The van der Waals surface area contributed by atoms with E-state index in [0.717, 1.165) is 61.9 Å². The molecule has 1 saturated heterocycles. The topological polar surface area (TPSA) is 65.1 Å². The first-order valence-corrected chi connectivity index (χ1v) is 13.4. The van der Waals surface area contributed by atoms with E-state index in [2.05, 4.69) is 12.1 Å². The van der Waals surface area contributed by atoms with Crippen LogP contribution in [0.2, 0.25) is 0 Å². The van der Waals surface area contributed by atoms with Gasteiger partial charge < -0.3 is 19.1 Å². The number of ether oxygens (including phenoxy) is 3. The molecule has 0 radical (unpaired) electrons. The maximum absolute atomic E-state index is 14.0. The standard InChI is InChI=1S/C31H37NO5/c1-35-27-14-12-25(13-15-27)31-18-17-30(20-31,22-37-31)21-32(29(34)24-8-4-3-5-9-24)26-10-6-7-23(19-26)11-16-28(33)36-2/h6-7,10-16,19,24H,3-5,8-9,17-18,20-22H2,1-2H3/b16-11+. The van der Waals surface area contributed by atoms with E-state index in [9.17, 15) is 9.59 Å². The Bertz CT molecular complexity index is 1140. The Morgan fingerprint density at radius 3 is 2.51 bits per heavy atom. The molecule has 2 unspecified atom stereocenters. The number of esters is 1. The molecule has 2 aliphatic carbocycles. The van der Waals surface area contributed by atoms with Crippen LogP contribution in [0.3, 0.4) is 0 Å². The van der Waals surface area contributed by atoms with Crippen molar-refractivity contribution in [3.8, 4) is 5.75 Å². The molecule has 2 saturated carbocycles. The largest absolute Gasteiger partial charge is 0.497 e. The zero-order valence-corrected chi connectivity index (χ0v) is 21.9. The van der Waals surface area contributed by atoms with E-state index in [1.165, 1.54) is 25.2 Å². The monoisotopic (exact) mass is 503 g/mol. The van der Waals surface area contributed by atoms with Gasteiger partial charge in [-0.25, -0.2) is 4.79 Å². The van der Waals surface area contributed by atoms with Gasteiger partial charge in [0.25, 0.3) is 0 Å². The summed E-state index contributed by atoms with van der Waals surface area (Å²) in [7, 11) is 3.04. The van der Waals surface area contributed by atoms with E-state index < -0.39 is 5.97 Å². The fourth-order valence-corrected chi connectivity index (χ4v) is 6.42. The van der Waals surface area contributed by atoms with Crippen LogP contribution in [0.15, 0.2) is 54.6 Å². The van der Waals surface area contributed by atoms with Gasteiger partial charge in [-0.3, -0.25) is 4.79 Å². The lowest BCUT2D eigenvalue weighted by Gasteiger charge is -2.36. The summed E-state index contributed by atoms with van der Waals surface area (Å²) in [5, 5.41) is 0. The number of anilines is 1. The Hall–Kier alpha value is -3.12. The van der Waals surface area contributed by atoms with Gasteiger partial charge >= 0.3 is 5.97 Å². The van der Waals surface area contributed by atoms with Gasteiger partial charge in [-0.05, 0) is 73.6 Å². The number of benzene rings is 2. The molecule has 6 nitrogen and oxygen atoms in total. The molecular formula is C31H37NO5. The van der Waals surface area contributed by atoms with Crippen LogP contribution >= 0.6 is 0 Å². The maximum Gasteiger partial charge on any atom is 0.330 e. The zero-order chi connectivity index (χ0) is 25.9. The van der Waals surface area contributed by atoms with Crippen molar-refractivity contribution in [2.45, 2.75) is 57.0 Å². The van der Waals surface area contributed by atoms with Crippen molar-refractivity contribution in [2.24, 2.45) is 11.3 Å². The summed E-state index contributed by atoms with van der Waals surface area (Å²) in [6.45, 7) is 1.29. The van der Waals surface area contributed by atoms with Crippen LogP contribution in [-0.4, -0.2) is 39.2 Å². The van der Waals surface area contributed by atoms with E-state index in [0.29, 0.717) is 13.2 Å². The third-order valence-electron chi connectivity index (χ3n) is 8.50. The van der Waals surface area contributed by atoms with Crippen LogP contribution in [0.1, 0.15) is 62.5 Å². The van der Waals surface area contributed by atoms with Crippen LogP contribution < -0.4 is 9.64 Å². The first-order valence-electron chi connectivity index (χ1n) is 13.4. The van der Waals surface area contributed by atoms with Gasteiger partial charge in [0.15, 0.2) is 0 Å². The lowest BCUT2D eigenvalue weighted by atomic mass is 9.84. The summed E-state index contributed by atoms with van der Waals surface area (Å²) in [5.74, 6) is 0.725. The molecule has 2 aromatic rings. The number of methoxy groups -OCH3 is 2. The van der Waals surface area contributed by atoms with Crippen molar-refractivity contribution in [2.75, 3.05) is 32.3 Å². The van der Waals surface area contributed by atoms with Crippen LogP contribution in [0.5, 0.6) is 5.75 Å². The van der Waals surface area contributed by atoms with Gasteiger partial charge in [-0.15, -0.1) is 0 Å². The number of hydrogen-bond acceptors (Lipinski definition) is 5. The molecule has 3 aliphatic rings. The summed E-state index contributed by atoms with van der Waals surface area (Å²) < 4.78 is 16.6. The normalized spacial score (nSPS) is 25.4. The minimum atomic E-state index is -0.400. The van der Waals surface area contributed by atoms with Crippen molar-refractivity contribution >= 4 is 23.6 Å². The summed E-state index contributed by atoms with van der Waals surface area (Å²) in [4.78, 5) is 27.6. The summed E-state index contributed by atoms with van der Waals surface area (Å²) in [5.41, 5.74) is 2.56. The smallest absolute Gasteiger partial charge is 0.330 e. The average Bonchev–Trinajstić information content (AvgIpc) is 3.52. The average molecular weight is 504 g/mol. The van der Waals surface area contributed by atoms with Gasteiger partial charge in [0.2, 0.25) is 5.91 Å². The summed E-state index contributed by atoms with van der Waals surface area (Å²) in [6, 6.07) is 16.1. The molecule has 1 aliphatic heterocycles. The van der Waals surface area contributed by atoms with Gasteiger partial charge in [-0.2, -0.15) is 0 Å². The Morgan fingerprint density at radius 1 is 1.05 bits per heavy atom. The highest BCUT2D eigenvalue weighted by Gasteiger charge is 2.57. The molecule has 2 bridgehead atoms. The lowest BCUT2D eigenvalue weighted by Crippen LogP contribution is -2.44. The summed E-state index contributed by atoms with van der Waals surface area (Å²) in [6.07, 6.45) is 11.4. The number of carbonyl (C=O) groups excluding carboxylic acids is 2. The first-order chi connectivity index (χ1) is 18.0. The molecule has 6 heteroatoms. The molecule has 0 N–H and O–H groups in total. The van der Waals surface area contributed by atoms with Crippen molar-refractivity contribution < 1.29 is 23.8 Å². The van der Waals surface area contributed by atoms with Crippen molar-refractivity contribution in [3.05, 3.63) is 65.7 Å². The molecule has 196 valence electrons. The highest BCUT2D eigenvalue weighted by molar-refractivity contribution is 5.95. The molecule has 1 heterocycles. The van der Waals surface area contributed by atoms with E-state index >= 15 is 0 Å². The fourth-order valence-electron chi connectivity index (χ4n) is 6.42. The van der Waals surface area contributed by atoms with Crippen LogP contribution in [-0.2, 0) is 24.7 Å². The number of nitrogens with zero attached hydrogens (tertiary/aromatic N) is 1. The van der Waals surface area contributed by atoms with Gasteiger partial charge in [0.05, 0.1) is 26.4 Å². The molecule has 37 heavy (non-hydrogen) atoms. The first kappa shape index (κ1) is 25.5. The minimum Gasteiger partial charge on any atom is -0.497 e. The SMILES string of the molecule is COC(=O)/C=C/c1cccc(N(CC23CCC(c4ccc(OC)cc4)(C2)OC3)C(=O)C2CCCCC2)c1. The second-order valence-electron chi connectivity index (χ2n) is 10.9. The number of amides is 1. The van der Waals surface area contributed by atoms with Crippen LogP contribution in [0, 0.1) is 11.3 Å². The van der Waals surface area contributed by atoms with Gasteiger partial charge in [0.1, 0.15) is 5.75 Å². The highest BCUT2D eigenvalue weighted by Crippen LogP contribution is 2.58. The molecule has 2 aromatic carbocycles. The number of fused-ring (bicyclic) bond motifs is 2. The third-order valence-corrected chi connectivity index (χ3v) is 8.50. The van der Waals surface area contributed by atoms with Crippen molar-refractivity contribution in [1.82, 2.24) is 0 Å². The Balaban J connectivity index is 1.41. The minimum absolute atomic E-state index is 0.0643. The lowest BCUT2D eigenvalue weighted by molar-refractivity contribution is -0.134. The van der Waals surface area contributed by atoms with Crippen LogP contribution in [0.25, 0.3) is 6.08 Å². The molecular weight excluding hydrogens is 466 g/mol.